The predicted molar refractivity (Wildman–Crippen MR) is 105 cm³/mol. The maximum atomic E-state index is 11.5. The summed E-state index contributed by atoms with van der Waals surface area (Å²) < 4.78 is 0. The molecule has 3 N–H and O–H groups in total. The number of aliphatic hydroxyl groups is 2. The summed E-state index contributed by atoms with van der Waals surface area (Å²) in [5.74, 6) is 0. The van der Waals surface area contributed by atoms with E-state index in [0.29, 0.717) is 21.7 Å². The first-order valence-corrected chi connectivity index (χ1v) is 9.09. The van der Waals surface area contributed by atoms with E-state index >= 15 is 0 Å². The molecule has 1 aromatic carbocycles. The van der Waals surface area contributed by atoms with Crippen molar-refractivity contribution in [3.63, 3.8) is 0 Å². The number of rotatable bonds is 1. The molecule has 1 aromatic heterocycles. The number of benzene rings is 1. The average Bonchev–Trinajstić information content (AvgIpc) is 2.96. The smallest absolute Gasteiger partial charge is 0.122 e. The molecule has 0 spiro atoms. The highest BCUT2D eigenvalue weighted by molar-refractivity contribution is 6.33. The Morgan fingerprint density at radius 1 is 1.15 bits per heavy atom. The van der Waals surface area contributed by atoms with Gasteiger partial charge in [0.05, 0.1) is 10.5 Å². The predicted octanol–water partition coefficient (Wildman–Crippen LogP) is 4.12. The van der Waals surface area contributed by atoms with Gasteiger partial charge in [-0.3, -0.25) is 5.10 Å². The minimum atomic E-state index is -1.45. The van der Waals surface area contributed by atoms with Crippen molar-refractivity contribution in [2.75, 3.05) is 0 Å². The molecule has 0 bridgehead atoms. The van der Waals surface area contributed by atoms with Crippen LogP contribution in [0.1, 0.15) is 47.1 Å². The van der Waals surface area contributed by atoms with Crippen LogP contribution in [0.15, 0.2) is 29.9 Å². The summed E-state index contributed by atoms with van der Waals surface area (Å²) >= 11 is 6.49. The molecule has 0 saturated carbocycles. The lowest BCUT2D eigenvalue weighted by molar-refractivity contribution is -0.0850. The van der Waals surface area contributed by atoms with Crippen LogP contribution in [-0.2, 0) is 0 Å². The summed E-state index contributed by atoms with van der Waals surface area (Å²) in [7, 11) is 0. The van der Waals surface area contributed by atoms with Gasteiger partial charge in [0.25, 0.3) is 0 Å². The number of H-pyrrole nitrogens is 1. The van der Waals surface area contributed by atoms with Gasteiger partial charge >= 0.3 is 0 Å². The van der Waals surface area contributed by atoms with Crippen molar-refractivity contribution in [3.05, 3.63) is 40.4 Å². The number of aromatic nitrogens is 3. The highest BCUT2D eigenvalue weighted by atomic mass is 35.5. The van der Waals surface area contributed by atoms with Crippen LogP contribution in [0.4, 0.5) is 0 Å². The summed E-state index contributed by atoms with van der Waals surface area (Å²) in [5.41, 5.74) is 1.14. The molecule has 0 aliphatic heterocycles. The molecular weight excluding hydrogens is 350 g/mol. The molecule has 2 atom stereocenters. The first kappa shape index (κ1) is 19.1. The zero-order valence-corrected chi connectivity index (χ0v) is 16.8. The number of aromatic amines is 1. The lowest BCUT2D eigenvalue weighted by Crippen LogP contribution is -2.53. The third-order valence-electron chi connectivity index (χ3n) is 5.20. The standard InChI is InChI=1S/C20H26ClN3O2/c1-18(2,3)11-9-12(17(25)20(26,10-11)19(4,5)6)15-13(21)7-8-14-16(15)23-24-22-14/h7-10,17,25-26H,1-6H3,(H,22,23,24). The van der Waals surface area contributed by atoms with E-state index in [4.69, 9.17) is 11.6 Å². The van der Waals surface area contributed by atoms with E-state index in [2.05, 4.69) is 36.2 Å². The van der Waals surface area contributed by atoms with E-state index in [1.165, 1.54) is 0 Å². The maximum Gasteiger partial charge on any atom is 0.122 e. The van der Waals surface area contributed by atoms with E-state index in [1.807, 2.05) is 26.8 Å². The molecular formula is C20H26ClN3O2. The van der Waals surface area contributed by atoms with Gasteiger partial charge in [-0.25, -0.2) is 0 Å². The molecule has 140 valence electrons. The summed E-state index contributed by atoms with van der Waals surface area (Å²) in [5, 5.41) is 34.0. The summed E-state index contributed by atoms with van der Waals surface area (Å²) in [6, 6.07) is 3.55. The summed E-state index contributed by atoms with van der Waals surface area (Å²) in [6.07, 6.45) is 2.56. The quantitative estimate of drug-likeness (QED) is 0.700. The number of aliphatic hydroxyl groups excluding tert-OH is 1. The Balaban J connectivity index is 2.32. The van der Waals surface area contributed by atoms with Crippen LogP contribution in [0.3, 0.4) is 0 Å². The van der Waals surface area contributed by atoms with Crippen LogP contribution < -0.4 is 0 Å². The molecule has 26 heavy (non-hydrogen) atoms. The highest BCUT2D eigenvalue weighted by Gasteiger charge is 2.49. The number of hydrogen-bond acceptors (Lipinski definition) is 4. The van der Waals surface area contributed by atoms with Gasteiger partial charge in [-0.2, -0.15) is 0 Å². The van der Waals surface area contributed by atoms with Crippen LogP contribution >= 0.6 is 11.6 Å². The van der Waals surface area contributed by atoms with Gasteiger partial charge in [0.15, 0.2) is 0 Å². The molecule has 0 radical (unpaired) electrons. The van der Waals surface area contributed by atoms with Crippen LogP contribution in [0.2, 0.25) is 5.02 Å². The molecule has 2 aromatic rings. The van der Waals surface area contributed by atoms with E-state index in [-0.39, 0.29) is 5.41 Å². The largest absolute Gasteiger partial charge is 0.385 e. The molecule has 3 rings (SSSR count). The Bertz CT molecular complexity index is 915. The molecule has 6 heteroatoms. The van der Waals surface area contributed by atoms with Gasteiger partial charge in [-0.15, -0.1) is 5.10 Å². The Hall–Kier alpha value is -1.69. The molecule has 0 saturated heterocycles. The van der Waals surface area contributed by atoms with Gasteiger partial charge in [-0.05, 0) is 40.2 Å². The van der Waals surface area contributed by atoms with Crippen LogP contribution in [0, 0.1) is 10.8 Å². The SMILES string of the molecule is CC(C)(C)C1=CC(O)(C(C)(C)C)C(O)C(c2c(Cl)ccc3[nH]nnc23)=C1. The lowest BCUT2D eigenvalue weighted by atomic mass is 9.65. The number of fused-ring (bicyclic) bond motifs is 1. The zero-order chi connectivity index (χ0) is 19.5. The third-order valence-corrected chi connectivity index (χ3v) is 5.52. The van der Waals surface area contributed by atoms with Crippen LogP contribution in [-0.4, -0.2) is 37.3 Å². The van der Waals surface area contributed by atoms with E-state index < -0.39 is 17.1 Å². The molecule has 0 fully saturated rings. The second-order valence-electron chi connectivity index (χ2n) is 9.06. The van der Waals surface area contributed by atoms with Crippen molar-refractivity contribution < 1.29 is 10.2 Å². The molecule has 2 unspecified atom stereocenters. The fourth-order valence-corrected chi connectivity index (χ4v) is 3.54. The Morgan fingerprint density at radius 3 is 2.38 bits per heavy atom. The van der Waals surface area contributed by atoms with Crippen molar-refractivity contribution in [3.8, 4) is 0 Å². The number of nitrogens with zero attached hydrogens (tertiary/aromatic N) is 2. The van der Waals surface area contributed by atoms with Gasteiger partial charge in [0, 0.05) is 5.56 Å². The first-order chi connectivity index (χ1) is 11.9. The third kappa shape index (κ3) is 2.88. The fraction of sp³-hybridized carbons (Fsp3) is 0.500. The minimum Gasteiger partial charge on any atom is -0.385 e. The van der Waals surface area contributed by atoms with E-state index in [1.54, 1.807) is 18.2 Å². The monoisotopic (exact) mass is 375 g/mol. The van der Waals surface area contributed by atoms with Gasteiger partial charge < -0.3 is 10.2 Å². The molecule has 0 amide bonds. The van der Waals surface area contributed by atoms with Crippen molar-refractivity contribution in [1.82, 2.24) is 15.4 Å². The van der Waals surface area contributed by atoms with Gasteiger partial charge in [-0.1, -0.05) is 64.4 Å². The second-order valence-corrected chi connectivity index (χ2v) is 9.46. The first-order valence-electron chi connectivity index (χ1n) is 8.71. The molecule has 5 nitrogen and oxygen atoms in total. The van der Waals surface area contributed by atoms with Crippen molar-refractivity contribution in [1.29, 1.82) is 0 Å². The maximum absolute atomic E-state index is 11.5. The van der Waals surface area contributed by atoms with Crippen molar-refractivity contribution in [2.24, 2.45) is 10.8 Å². The van der Waals surface area contributed by atoms with Crippen LogP contribution in [0.25, 0.3) is 16.6 Å². The number of nitrogens with one attached hydrogen (secondary N) is 1. The molecule has 1 aliphatic carbocycles. The van der Waals surface area contributed by atoms with E-state index in [9.17, 15) is 10.2 Å². The molecule has 1 aliphatic rings. The Kier molecular flexibility index (Phi) is 4.34. The van der Waals surface area contributed by atoms with Crippen molar-refractivity contribution >= 4 is 28.2 Å². The fourth-order valence-electron chi connectivity index (χ4n) is 3.27. The number of hydrogen-bond donors (Lipinski definition) is 3. The molecule has 1 heterocycles. The zero-order valence-electron chi connectivity index (χ0n) is 16.1. The minimum absolute atomic E-state index is 0.213. The van der Waals surface area contributed by atoms with Crippen molar-refractivity contribution in [2.45, 2.75) is 53.2 Å². The Labute approximate surface area is 158 Å². The Morgan fingerprint density at radius 2 is 1.81 bits per heavy atom. The average molecular weight is 376 g/mol. The van der Waals surface area contributed by atoms with Crippen LogP contribution in [0.5, 0.6) is 0 Å². The number of halogens is 1. The van der Waals surface area contributed by atoms with E-state index in [0.717, 1.165) is 11.1 Å². The lowest BCUT2D eigenvalue weighted by Gasteiger charge is -2.46. The topological polar surface area (TPSA) is 82.0 Å². The normalized spacial score (nSPS) is 24.6. The summed E-state index contributed by atoms with van der Waals surface area (Å²) in [4.78, 5) is 0. The number of allylic oxidation sites excluding steroid dienone is 2. The summed E-state index contributed by atoms with van der Waals surface area (Å²) in [6.45, 7) is 12.0. The van der Waals surface area contributed by atoms with Gasteiger partial charge in [0.2, 0.25) is 0 Å². The highest BCUT2D eigenvalue weighted by Crippen LogP contribution is 2.48. The second kappa shape index (κ2) is 5.91. The van der Waals surface area contributed by atoms with Gasteiger partial charge in [0.1, 0.15) is 17.2 Å².